The van der Waals surface area contributed by atoms with Crippen LogP contribution < -0.4 is 16.0 Å². The van der Waals surface area contributed by atoms with E-state index in [0.29, 0.717) is 0 Å². The molecule has 0 radical (unpaired) electrons. The molecule has 1 aliphatic heterocycles. The van der Waals surface area contributed by atoms with Crippen LogP contribution in [-0.2, 0) is 4.79 Å². The lowest BCUT2D eigenvalue weighted by Gasteiger charge is -2.16. The number of aromatic nitrogens is 1. The molecule has 108 valence electrons. The average Bonchev–Trinajstić information content (AvgIpc) is 3.10. The summed E-state index contributed by atoms with van der Waals surface area (Å²) >= 11 is 0. The smallest absolute Gasteiger partial charge is 0.227 e. The van der Waals surface area contributed by atoms with Crippen LogP contribution in [0.15, 0.2) is 18.3 Å². The van der Waals surface area contributed by atoms with Gasteiger partial charge in [-0.05, 0) is 44.2 Å². The van der Waals surface area contributed by atoms with Crippen molar-refractivity contribution >= 4 is 17.4 Å². The summed E-state index contributed by atoms with van der Waals surface area (Å²) in [5.41, 5.74) is 6.62. The van der Waals surface area contributed by atoms with Crippen LogP contribution in [0.2, 0.25) is 0 Å². The van der Waals surface area contributed by atoms with Crippen molar-refractivity contribution in [2.45, 2.75) is 38.1 Å². The molecule has 1 aromatic heterocycles. The molecule has 0 aromatic carbocycles. The Balaban J connectivity index is 1.58. The zero-order chi connectivity index (χ0) is 13.9. The second-order valence-electron chi connectivity index (χ2n) is 5.86. The van der Waals surface area contributed by atoms with Crippen molar-refractivity contribution in [1.82, 2.24) is 4.98 Å². The lowest BCUT2D eigenvalue weighted by atomic mass is 10.1. The highest BCUT2D eigenvalue weighted by Crippen LogP contribution is 2.26. The van der Waals surface area contributed by atoms with Gasteiger partial charge in [-0.3, -0.25) is 4.79 Å². The summed E-state index contributed by atoms with van der Waals surface area (Å²) in [6, 6.07) is 4.11. The fourth-order valence-electron chi connectivity index (χ4n) is 3.09. The van der Waals surface area contributed by atoms with E-state index in [2.05, 4.69) is 15.2 Å². The van der Waals surface area contributed by atoms with Crippen LogP contribution in [0.4, 0.5) is 11.5 Å². The van der Waals surface area contributed by atoms with Gasteiger partial charge in [0.1, 0.15) is 5.82 Å². The molecule has 20 heavy (non-hydrogen) atoms. The average molecular weight is 274 g/mol. The number of anilines is 2. The van der Waals surface area contributed by atoms with Crippen molar-refractivity contribution in [3.05, 3.63) is 18.3 Å². The molecule has 1 saturated carbocycles. The van der Waals surface area contributed by atoms with Crippen LogP contribution in [0, 0.1) is 5.92 Å². The molecule has 0 bridgehead atoms. The molecular weight excluding hydrogens is 252 g/mol. The number of nitrogens with two attached hydrogens (primary N) is 1. The van der Waals surface area contributed by atoms with Crippen molar-refractivity contribution < 1.29 is 4.79 Å². The number of hydrogen-bond donors (Lipinski definition) is 2. The third kappa shape index (κ3) is 2.93. The molecule has 1 amide bonds. The first-order valence-electron chi connectivity index (χ1n) is 7.50. The van der Waals surface area contributed by atoms with E-state index in [0.717, 1.165) is 43.9 Å². The molecule has 2 fully saturated rings. The first-order chi connectivity index (χ1) is 9.72. The highest BCUT2D eigenvalue weighted by molar-refractivity contribution is 5.92. The van der Waals surface area contributed by atoms with Gasteiger partial charge < -0.3 is 16.0 Å². The minimum Gasteiger partial charge on any atom is -0.357 e. The fourth-order valence-corrected chi connectivity index (χ4v) is 3.09. The number of hydrogen-bond acceptors (Lipinski definition) is 4. The molecule has 0 spiro atoms. The number of rotatable bonds is 3. The van der Waals surface area contributed by atoms with E-state index in [1.54, 1.807) is 6.20 Å². The number of nitrogens with one attached hydrogen (secondary N) is 1. The Morgan fingerprint density at radius 1 is 1.30 bits per heavy atom. The van der Waals surface area contributed by atoms with Crippen LogP contribution >= 0.6 is 0 Å². The van der Waals surface area contributed by atoms with Crippen LogP contribution in [0.25, 0.3) is 0 Å². The van der Waals surface area contributed by atoms with Gasteiger partial charge >= 0.3 is 0 Å². The highest BCUT2D eigenvalue weighted by atomic mass is 16.1. The van der Waals surface area contributed by atoms with Gasteiger partial charge in [-0.2, -0.15) is 0 Å². The second kappa shape index (κ2) is 5.79. The van der Waals surface area contributed by atoms with Crippen LogP contribution in [0.3, 0.4) is 0 Å². The maximum atomic E-state index is 12.1. The van der Waals surface area contributed by atoms with E-state index < -0.39 is 0 Å². The van der Waals surface area contributed by atoms with Crippen molar-refractivity contribution in [1.29, 1.82) is 0 Å². The maximum Gasteiger partial charge on any atom is 0.227 e. The number of nitrogens with zero attached hydrogens (tertiary/aromatic N) is 2. The van der Waals surface area contributed by atoms with E-state index >= 15 is 0 Å². The summed E-state index contributed by atoms with van der Waals surface area (Å²) in [5, 5.41) is 2.95. The summed E-state index contributed by atoms with van der Waals surface area (Å²) in [4.78, 5) is 18.8. The topological polar surface area (TPSA) is 71.2 Å². The van der Waals surface area contributed by atoms with Gasteiger partial charge in [0.2, 0.25) is 5.91 Å². The monoisotopic (exact) mass is 274 g/mol. The van der Waals surface area contributed by atoms with Crippen molar-refractivity contribution in [2.75, 3.05) is 23.3 Å². The van der Waals surface area contributed by atoms with Crippen molar-refractivity contribution in [3.8, 4) is 0 Å². The van der Waals surface area contributed by atoms with Gasteiger partial charge in [0, 0.05) is 25.0 Å². The van der Waals surface area contributed by atoms with E-state index in [1.165, 1.54) is 12.8 Å². The van der Waals surface area contributed by atoms with Crippen molar-refractivity contribution in [3.63, 3.8) is 0 Å². The van der Waals surface area contributed by atoms with Crippen LogP contribution in [0.5, 0.6) is 0 Å². The molecule has 2 unspecified atom stereocenters. The van der Waals surface area contributed by atoms with Crippen LogP contribution in [0.1, 0.15) is 32.1 Å². The quantitative estimate of drug-likeness (QED) is 0.881. The third-order valence-corrected chi connectivity index (χ3v) is 4.29. The summed E-state index contributed by atoms with van der Waals surface area (Å²) in [6.07, 6.45) is 6.87. The normalized spacial score (nSPS) is 25.9. The first-order valence-corrected chi connectivity index (χ1v) is 7.50. The number of carbonyl (C=O) groups excluding carboxylic acids is 1. The largest absolute Gasteiger partial charge is 0.357 e. The first kappa shape index (κ1) is 13.4. The van der Waals surface area contributed by atoms with Gasteiger partial charge in [0.15, 0.2) is 0 Å². The summed E-state index contributed by atoms with van der Waals surface area (Å²) < 4.78 is 0. The minimum atomic E-state index is 0.0586. The minimum absolute atomic E-state index is 0.0586. The van der Waals surface area contributed by atoms with Crippen molar-refractivity contribution in [2.24, 2.45) is 11.7 Å². The van der Waals surface area contributed by atoms with E-state index in [4.69, 9.17) is 5.73 Å². The predicted octanol–water partition coefficient (Wildman–Crippen LogP) is 1.75. The molecule has 2 aliphatic rings. The van der Waals surface area contributed by atoms with Gasteiger partial charge in [0.25, 0.3) is 0 Å². The molecule has 1 saturated heterocycles. The molecule has 5 heteroatoms. The Labute approximate surface area is 119 Å². The van der Waals surface area contributed by atoms with E-state index in [-0.39, 0.29) is 17.9 Å². The zero-order valence-corrected chi connectivity index (χ0v) is 11.7. The predicted molar refractivity (Wildman–Crippen MR) is 79.6 cm³/mol. The third-order valence-electron chi connectivity index (χ3n) is 4.29. The van der Waals surface area contributed by atoms with Gasteiger partial charge in [-0.25, -0.2) is 4.98 Å². The molecule has 1 aromatic rings. The number of amides is 1. The van der Waals surface area contributed by atoms with Gasteiger partial charge in [-0.15, -0.1) is 0 Å². The van der Waals surface area contributed by atoms with E-state index in [9.17, 15) is 4.79 Å². The molecule has 3 N–H and O–H groups in total. The molecule has 5 nitrogen and oxygen atoms in total. The Morgan fingerprint density at radius 2 is 2.10 bits per heavy atom. The summed E-state index contributed by atoms with van der Waals surface area (Å²) in [5.74, 6) is 1.14. The number of pyridine rings is 1. The molecule has 2 heterocycles. The Kier molecular flexibility index (Phi) is 3.87. The second-order valence-corrected chi connectivity index (χ2v) is 5.86. The summed E-state index contributed by atoms with van der Waals surface area (Å²) in [6.45, 7) is 2.16. The Hall–Kier alpha value is -1.62. The summed E-state index contributed by atoms with van der Waals surface area (Å²) in [7, 11) is 0. The van der Waals surface area contributed by atoms with Gasteiger partial charge in [-0.1, -0.05) is 0 Å². The maximum absolute atomic E-state index is 12.1. The molecule has 1 aliphatic carbocycles. The standard InChI is InChI=1S/C15H22N4O/c16-12-4-3-11(9-12)15(20)18-13-5-6-14(17-10-13)19-7-1-2-8-19/h5-6,10-12H,1-4,7-9,16H2,(H,18,20). The van der Waals surface area contributed by atoms with E-state index in [1.807, 2.05) is 12.1 Å². The molecular formula is C15H22N4O. The Morgan fingerprint density at radius 3 is 2.70 bits per heavy atom. The Bertz CT molecular complexity index is 467. The lowest BCUT2D eigenvalue weighted by Crippen LogP contribution is -2.23. The lowest BCUT2D eigenvalue weighted by molar-refractivity contribution is -0.119. The highest BCUT2D eigenvalue weighted by Gasteiger charge is 2.27. The molecule has 2 atom stereocenters. The fraction of sp³-hybridized carbons (Fsp3) is 0.600. The number of carbonyl (C=O) groups is 1. The zero-order valence-electron chi connectivity index (χ0n) is 11.7. The van der Waals surface area contributed by atoms with Crippen LogP contribution in [-0.4, -0.2) is 30.0 Å². The molecule has 3 rings (SSSR count). The van der Waals surface area contributed by atoms with Gasteiger partial charge in [0.05, 0.1) is 11.9 Å². The SMILES string of the molecule is NC1CCC(C(=O)Nc2ccc(N3CCCC3)nc2)C1.